The van der Waals surface area contributed by atoms with Gasteiger partial charge < -0.3 is 0 Å². The molecule has 0 saturated heterocycles. The molecule has 1 saturated carbocycles. The van der Waals surface area contributed by atoms with Crippen LogP contribution in [0.2, 0.25) is 0 Å². The van der Waals surface area contributed by atoms with Crippen LogP contribution in [-0.2, 0) is 0 Å². The predicted molar refractivity (Wildman–Crippen MR) is 90.3 cm³/mol. The Morgan fingerprint density at radius 1 is 0.909 bits per heavy atom. The van der Waals surface area contributed by atoms with E-state index in [0.717, 1.165) is 29.7 Å². The van der Waals surface area contributed by atoms with E-state index in [4.69, 9.17) is 0 Å². The molecule has 2 aromatic rings. The van der Waals surface area contributed by atoms with Gasteiger partial charge in [0.1, 0.15) is 0 Å². The Hall–Kier alpha value is -1.44. The molecule has 120 valence electrons. The monoisotopic (exact) mass is 304 g/mol. The SMILES string of the molecule is CC.Cc1cc2ccc(C3CCC(C)CC3)cc2c(F)c1F. The molecule has 0 heterocycles. The highest BCUT2D eigenvalue weighted by molar-refractivity contribution is 5.84. The Balaban J connectivity index is 0.000000847. The van der Waals surface area contributed by atoms with Crippen LogP contribution in [0, 0.1) is 24.5 Å². The highest BCUT2D eigenvalue weighted by Gasteiger charge is 2.20. The Morgan fingerprint density at radius 3 is 2.18 bits per heavy atom. The molecule has 1 aliphatic carbocycles. The van der Waals surface area contributed by atoms with Crippen molar-refractivity contribution in [1.82, 2.24) is 0 Å². The molecule has 0 aromatic heterocycles. The quantitative estimate of drug-likeness (QED) is 0.547. The zero-order valence-corrected chi connectivity index (χ0v) is 14.0. The third-order valence-corrected chi connectivity index (χ3v) is 4.71. The van der Waals surface area contributed by atoms with E-state index in [9.17, 15) is 8.78 Å². The number of aryl methyl sites for hydroxylation is 1. The van der Waals surface area contributed by atoms with Crippen molar-refractivity contribution in [1.29, 1.82) is 0 Å². The van der Waals surface area contributed by atoms with Crippen molar-refractivity contribution in [2.45, 2.75) is 59.3 Å². The van der Waals surface area contributed by atoms with Gasteiger partial charge in [-0.25, -0.2) is 8.78 Å². The van der Waals surface area contributed by atoms with Gasteiger partial charge in [0.05, 0.1) is 0 Å². The standard InChI is InChI=1S/C18H20F2.C2H6/c1-11-3-5-13(6-4-11)14-7-8-15-9-12(2)17(19)18(20)16(15)10-14;1-2/h7-11,13H,3-6H2,1-2H3;1-2H3. The molecular weight excluding hydrogens is 278 g/mol. The van der Waals surface area contributed by atoms with Crippen LogP contribution >= 0.6 is 0 Å². The minimum atomic E-state index is -0.716. The molecule has 0 spiro atoms. The van der Waals surface area contributed by atoms with Gasteiger partial charge in [0.2, 0.25) is 0 Å². The van der Waals surface area contributed by atoms with Crippen LogP contribution in [0.25, 0.3) is 10.8 Å². The molecule has 1 aliphatic rings. The van der Waals surface area contributed by atoms with E-state index in [-0.39, 0.29) is 0 Å². The summed E-state index contributed by atoms with van der Waals surface area (Å²) in [6.45, 7) is 7.89. The van der Waals surface area contributed by atoms with Crippen molar-refractivity contribution >= 4 is 10.8 Å². The van der Waals surface area contributed by atoms with E-state index in [0.29, 0.717) is 16.9 Å². The molecule has 0 radical (unpaired) electrons. The van der Waals surface area contributed by atoms with Gasteiger partial charge in [-0.3, -0.25) is 0 Å². The lowest BCUT2D eigenvalue weighted by molar-refractivity contribution is 0.348. The van der Waals surface area contributed by atoms with Crippen LogP contribution in [0.1, 0.15) is 63.5 Å². The van der Waals surface area contributed by atoms with Crippen molar-refractivity contribution in [2.75, 3.05) is 0 Å². The zero-order chi connectivity index (χ0) is 16.3. The number of benzene rings is 2. The van der Waals surface area contributed by atoms with Gasteiger partial charge in [-0.1, -0.05) is 45.7 Å². The van der Waals surface area contributed by atoms with E-state index in [1.165, 1.54) is 12.8 Å². The second-order valence-electron chi connectivity index (χ2n) is 6.26. The van der Waals surface area contributed by atoms with Crippen LogP contribution in [-0.4, -0.2) is 0 Å². The average Bonchev–Trinajstić information content (AvgIpc) is 2.55. The van der Waals surface area contributed by atoms with Crippen molar-refractivity contribution in [3.8, 4) is 0 Å². The van der Waals surface area contributed by atoms with Gasteiger partial charge in [-0.2, -0.15) is 0 Å². The van der Waals surface area contributed by atoms with Crippen LogP contribution in [0.3, 0.4) is 0 Å². The minimum absolute atomic E-state index is 0.370. The molecule has 2 heteroatoms. The first-order valence-electron chi connectivity index (χ1n) is 8.44. The van der Waals surface area contributed by atoms with Crippen LogP contribution in [0.5, 0.6) is 0 Å². The summed E-state index contributed by atoms with van der Waals surface area (Å²) in [4.78, 5) is 0. The van der Waals surface area contributed by atoms with Crippen LogP contribution < -0.4 is 0 Å². The van der Waals surface area contributed by atoms with E-state index >= 15 is 0 Å². The summed E-state index contributed by atoms with van der Waals surface area (Å²) in [5.41, 5.74) is 1.53. The fraction of sp³-hybridized carbons (Fsp3) is 0.500. The molecule has 0 nitrogen and oxygen atoms in total. The second kappa shape index (κ2) is 7.21. The highest BCUT2D eigenvalue weighted by Crippen LogP contribution is 2.37. The van der Waals surface area contributed by atoms with E-state index in [1.807, 2.05) is 26.0 Å². The first kappa shape index (κ1) is 16.9. The molecular formula is C20H26F2. The fourth-order valence-corrected chi connectivity index (χ4v) is 3.33. The lowest BCUT2D eigenvalue weighted by atomic mass is 9.79. The minimum Gasteiger partial charge on any atom is -0.203 e. The van der Waals surface area contributed by atoms with Gasteiger partial charge in [-0.05, 0) is 60.2 Å². The maximum absolute atomic E-state index is 14.1. The topological polar surface area (TPSA) is 0 Å². The van der Waals surface area contributed by atoms with Crippen molar-refractivity contribution < 1.29 is 8.78 Å². The summed E-state index contributed by atoms with van der Waals surface area (Å²) >= 11 is 0. The van der Waals surface area contributed by atoms with Gasteiger partial charge in [0.15, 0.2) is 11.6 Å². The molecule has 0 amide bonds. The molecule has 0 aliphatic heterocycles. The fourth-order valence-electron chi connectivity index (χ4n) is 3.33. The summed E-state index contributed by atoms with van der Waals surface area (Å²) in [5.74, 6) is -0.124. The molecule has 0 atom stereocenters. The van der Waals surface area contributed by atoms with Crippen molar-refractivity contribution in [3.63, 3.8) is 0 Å². The zero-order valence-electron chi connectivity index (χ0n) is 14.0. The van der Waals surface area contributed by atoms with E-state index < -0.39 is 11.6 Å². The third kappa shape index (κ3) is 3.31. The first-order chi connectivity index (χ1) is 10.6. The number of rotatable bonds is 1. The summed E-state index contributed by atoms with van der Waals surface area (Å²) < 4.78 is 27.8. The van der Waals surface area contributed by atoms with E-state index in [1.54, 1.807) is 13.0 Å². The molecule has 0 bridgehead atoms. The van der Waals surface area contributed by atoms with Crippen LogP contribution in [0.15, 0.2) is 24.3 Å². The van der Waals surface area contributed by atoms with Gasteiger partial charge >= 0.3 is 0 Å². The predicted octanol–water partition coefficient (Wildman–Crippen LogP) is 6.75. The number of fused-ring (bicyclic) bond motifs is 1. The molecule has 1 fully saturated rings. The molecule has 0 N–H and O–H groups in total. The lowest BCUT2D eigenvalue weighted by Crippen LogP contribution is -2.10. The Morgan fingerprint density at radius 2 is 1.55 bits per heavy atom. The Kier molecular flexibility index (Phi) is 5.55. The maximum atomic E-state index is 14.1. The number of hydrogen-bond acceptors (Lipinski definition) is 0. The largest absolute Gasteiger partial charge is 0.203 e. The molecule has 3 rings (SSSR count). The number of hydrogen-bond donors (Lipinski definition) is 0. The Labute approximate surface area is 132 Å². The van der Waals surface area contributed by atoms with Crippen molar-refractivity contribution in [2.24, 2.45) is 5.92 Å². The first-order valence-corrected chi connectivity index (χ1v) is 8.44. The maximum Gasteiger partial charge on any atom is 0.166 e. The average molecular weight is 304 g/mol. The lowest BCUT2D eigenvalue weighted by Gasteiger charge is -2.26. The number of halogens is 2. The molecule has 0 unspecified atom stereocenters. The summed E-state index contributed by atoms with van der Waals surface area (Å²) in [5, 5.41) is 1.21. The Bertz CT molecular complexity index is 638. The van der Waals surface area contributed by atoms with Gasteiger partial charge in [-0.15, -0.1) is 0 Å². The highest BCUT2D eigenvalue weighted by atomic mass is 19.2. The molecule has 2 aromatic carbocycles. The van der Waals surface area contributed by atoms with Crippen LogP contribution in [0.4, 0.5) is 8.78 Å². The van der Waals surface area contributed by atoms with Gasteiger partial charge in [0, 0.05) is 5.39 Å². The van der Waals surface area contributed by atoms with Crippen molar-refractivity contribution in [3.05, 3.63) is 47.0 Å². The summed E-state index contributed by atoms with van der Waals surface area (Å²) in [6.07, 6.45) is 4.77. The van der Waals surface area contributed by atoms with Gasteiger partial charge in [0.25, 0.3) is 0 Å². The third-order valence-electron chi connectivity index (χ3n) is 4.71. The normalized spacial score (nSPS) is 21.4. The second-order valence-corrected chi connectivity index (χ2v) is 6.26. The summed E-state index contributed by atoms with van der Waals surface area (Å²) in [6, 6.07) is 7.59. The molecule has 22 heavy (non-hydrogen) atoms. The van der Waals surface area contributed by atoms with E-state index in [2.05, 4.69) is 13.0 Å². The summed E-state index contributed by atoms with van der Waals surface area (Å²) in [7, 11) is 0. The smallest absolute Gasteiger partial charge is 0.166 e.